The van der Waals surface area contributed by atoms with Crippen LogP contribution in [0.25, 0.3) is 0 Å². The van der Waals surface area contributed by atoms with Crippen molar-refractivity contribution in [2.45, 2.75) is 40.5 Å². The Morgan fingerprint density at radius 3 is 2.78 bits per heavy atom. The van der Waals surface area contributed by atoms with Gasteiger partial charge in [-0.2, -0.15) is 0 Å². The number of carbonyl (C=O) groups excluding carboxylic acids is 1. The first-order chi connectivity index (χ1) is 8.45. The molecule has 2 heteroatoms. The molecule has 2 nitrogen and oxygen atoms in total. The van der Waals surface area contributed by atoms with Gasteiger partial charge in [-0.05, 0) is 30.8 Å². The SMILES string of the molecule is CC(=O)OC1=C[C@@H](C(C)C)[C@@]2(C)C=CCCC=C12. The molecule has 0 radical (unpaired) electrons. The van der Waals surface area contributed by atoms with Crippen LogP contribution in [0.4, 0.5) is 0 Å². The average Bonchev–Trinajstić information content (AvgIpc) is 2.44. The quantitative estimate of drug-likeness (QED) is 0.543. The van der Waals surface area contributed by atoms with Crippen LogP contribution in [0.5, 0.6) is 0 Å². The summed E-state index contributed by atoms with van der Waals surface area (Å²) in [6, 6.07) is 0. The smallest absolute Gasteiger partial charge is 0.308 e. The topological polar surface area (TPSA) is 26.3 Å². The van der Waals surface area contributed by atoms with Crippen LogP contribution in [0.15, 0.2) is 35.6 Å². The molecule has 0 fully saturated rings. The summed E-state index contributed by atoms with van der Waals surface area (Å²) in [5, 5.41) is 0. The zero-order valence-corrected chi connectivity index (χ0v) is 11.7. The highest BCUT2D eigenvalue weighted by Crippen LogP contribution is 2.52. The minimum Gasteiger partial charge on any atom is -0.427 e. The molecule has 0 unspecified atom stereocenters. The summed E-state index contributed by atoms with van der Waals surface area (Å²) in [5.41, 5.74) is 1.17. The molecule has 0 aromatic heterocycles. The van der Waals surface area contributed by atoms with Gasteiger partial charge in [0.1, 0.15) is 5.76 Å². The second kappa shape index (κ2) is 4.75. The summed E-state index contributed by atoms with van der Waals surface area (Å²) < 4.78 is 5.40. The molecule has 0 amide bonds. The zero-order chi connectivity index (χ0) is 13.3. The Bertz CT molecular complexity index is 440. The highest BCUT2D eigenvalue weighted by Gasteiger charge is 2.44. The van der Waals surface area contributed by atoms with Gasteiger partial charge in [0.25, 0.3) is 0 Å². The largest absolute Gasteiger partial charge is 0.427 e. The van der Waals surface area contributed by atoms with Crippen molar-refractivity contribution in [3.05, 3.63) is 35.6 Å². The number of allylic oxidation sites excluding steroid dienone is 5. The van der Waals surface area contributed by atoms with Crippen molar-refractivity contribution in [2.24, 2.45) is 17.3 Å². The average molecular weight is 246 g/mol. The molecule has 2 rings (SSSR count). The molecule has 2 atom stereocenters. The fourth-order valence-corrected chi connectivity index (χ4v) is 3.17. The van der Waals surface area contributed by atoms with Crippen molar-refractivity contribution < 1.29 is 9.53 Å². The van der Waals surface area contributed by atoms with Gasteiger partial charge in [0.15, 0.2) is 0 Å². The fraction of sp³-hybridized carbons (Fsp3) is 0.562. The maximum absolute atomic E-state index is 11.2. The standard InChI is InChI=1S/C16H22O2/c1-11(2)14-10-15(18-12(3)17)13-8-6-5-7-9-16(13,14)4/h7-11,14H,5-6H2,1-4H3/t14-,16-/m0/s1. The van der Waals surface area contributed by atoms with E-state index in [1.54, 1.807) is 0 Å². The van der Waals surface area contributed by atoms with E-state index in [9.17, 15) is 4.79 Å². The summed E-state index contributed by atoms with van der Waals surface area (Å²) >= 11 is 0. The van der Waals surface area contributed by atoms with Gasteiger partial charge in [-0.1, -0.05) is 39.0 Å². The Balaban J connectivity index is 2.44. The van der Waals surface area contributed by atoms with E-state index in [2.05, 4.69) is 45.1 Å². The molecule has 0 aromatic carbocycles. The molecular formula is C16H22O2. The van der Waals surface area contributed by atoms with E-state index in [1.807, 2.05) is 0 Å². The summed E-state index contributed by atoms with van der Waals surface area (Å²) in [7, 11) is 0. The second-order valence-corrected chi connectivity index (χ2v) is 5.77. The normalized spacial score (nSPS) is 30.6. The molecule has 0 aromatic rings. The second-order valence-electron chi connectivity index (χ2n) is 5.77. The van der Waals surface area contributed by atoms with Gasteiger partial charge in [-0.3, -0.25) is 4.79 Å². The lowest BCUT2D eigenvalue weighted by Crippen LogP contribution is -2.25. The molecule has 2 aliphatic rings. The van der Waals surface area contributed by atoms with E-state index < -0.39 is 0 Å². The Hall–Kier alpha value is -1.31. The summed E-state index contributed by atoms with van der Waals surface area (Å²) in [6.45, 7) is 8.16. The molecule has 0 aliphatic heterocycles. The number of hydrogen-bond donors (Lipinski definition) is 0. The molecule has 0 saturated heterocycles. The third-order valence-corrected chi connectivity index (χ3v) is 3.99. The summed E-state index contributed by atoms with van der Waals surface area (Å²) in [4.78, 5) is 11.2. The molecule has 98 valence electrons. The van der Waals surface area contributed by atoms with Crippen molar-refractivity contribution in [2.75, 3.05) is 0 Å². The van der Waals surface area contributed by atoms with Crippen molar-refractivity contribution in [3.8, 4) is 0 Å². The molecule has 0 heterocycles. The number of fused-ring (bicyclic) bond motifs is 1. The van der Waals surface area contributed by atoms with Crippen molar-refractivity contribution in [3.63, 3.8) is 0 Å². The van der Waals surface area contributed by atoms with Gasteiger partial charge in [0.05, 0.1) is 0 Å². The summed E-state index contributed by atoms with van der Waals surface area (Å²) in [5.74, 6) is 1.46. The minimum absolute atomic E-state index is 0.0184. The Morgan fingerprint density at radius 2 is 2.17 bits per heavy atom. The predicted octanol–water partition coefficient (Wildman–Crippen LogP) is 4.00. The Kier molecular flexibility index (Phi) is 3.47. The van der Waals surface area contributed by atoms with Crippen LogP contribution in [0.1, 0.15) is 40.5 Å². The highest BCUT2D eigenvalue weighted by atomic mass is 16.5. The van der Waals surface area contributed by atoms with E-state index >= 15 is 0 Å². The Labute approximate surface area is 109 Å². The minimum atomic E-state index is -0.234. The number of carbonyl (C=O) groups is 1. The van der Waals surface area contributed by atoms with E-state index in [-0.39, 0.29) is 11.4 Å². The molecule has 2 aliphatic carbocycles. The third kappa shape index (κ3) is 2.16. The number of esters is 1. The first-order valence-corrected chi connectivity index (χ1v) is 6.74. The first kappa shape index (κ1) is 13.1. The van der Waals surface area contributed by atoms with Crippen LogP contribution in [0, 0.1) is 17.3 Å². The van der Waals surface area contributed by atoms with E-state index in [0.29, 0.717) is 11.8 Å². The lowest BCUT2D eigenvalue weighted by Gasteiger charge is -2.32. The van der Waals surface area contributed by atoms with Crippen LogP contribution in [-0.4, -0.2) is 5.97 Å². The summed E-state index contributed by atoms with van der Waals surface area (Å²) in [6.07, 6.45) is 11.0. The van der Waals surface area contributed by atoms with Crippen LogP contribution >= 0.6 is 0 Å². The lowest BCUT2D eigenvalue weighted by atomic mass is 9.71. The van der Waals surface area contributed by atoms with Crippen LogP contribution in [0.2, 0.25) is 0 Å². The van der Waals surface area contributed by atoms with Gasteiger partial charge in [-0.25, -0.2) is 0 Å². The van der Waals surface area contributed by atoms with E-state index in [1.165, 1.54) is 12.5 Å². The van der Waals surface area contributed by atoms with Crippen LogP contribution in [-0.2, 0) is 9.53 Å². The van der Waals surface area contributed by atoms with E-state index in [4.69, 9.17) is 4.74 Å². The predicted molar refractivity (Wildman–Crippen MR) is 72.7 cm³/mol. The van der Waals surface area contributed by atoms with Gasteiger partial charge >= 0.3 is 5.97 Å². The van der Waals surface area contributed by atoms with Crippen molar-refractivity contribution >= 4 is 5.97 Å². The van der Waals surface area contributed by atoms with Gasteiger partial charge in [-0.15, -0.1) is 0 Å². The number of ether oxygens (including phenoxy) is 1. The number of hydrogen-bond acceptors (Lipinski definition) is 2. The lowest BCUT2D eigenvalue weighted by molar-refractivity contribution is -0.136. The Morgan fingerprint density at radius 1 is 1.44 bits per heavy atom. The maximum Gasteiger partial charge on any atom is 0.308 e. The van der Waals surface area contributed by atoms with Gasteiger partial charge < -0.3 is 4.74 Å². The van der Waals surface area contributed by atoms with Crippen molar-refractivity contribution in [1.82, 2.24) is 0 Å². The van der Waals surface area contributed by atoms with Crippen molar-refractivity contribution in [1.29, 1.82) is 0 Å². The molecule has 0 saturated carbocycles. The monoisotopic (exact) mass is 246 g/mol. The van der Waals surface area contributed by atoms with E-state index in [0.717, 1.165) is 18.6 Å². The fourth-order valence-electron chi connectivity index (χ4n) is 3.17. The molecular weight excluding hydrogens is 224 g/mol. The molecule has 0 N–H and O–H groups in total. The van der Waals surface area contributed by atoms with Gasteiger partial charge in [0.2, 0.25) is 0 Å². The molecule has 0 bridgehead atoms. The maximum atomic E-state index is 11.2. The molecule has 18 heavy (non-hydrogen) atoms. The molecule has 0 spiro atoms. The third-order valence-electron chi connectivity index (χ3n) is 3.99. The van der Waals surface area contributed by atoms with Crippen LogP contribution in [0.3, 0.4) is 0 Å². The van der Waals surface area contributed by atoms with Gasteiger partial charge in [0, 0.05) is 17.9 Å². The first-order valence-electron chi connectivity index (χ1n) is 6.74. The van der Waals surface area contributed by atoms with Crippen LogP contribution < -0.4 is 0 Å². The number of rotatable bonds is 2. The zero-order valence-electron chi connectivity index (χ0n) is 11.7. The highest BCUT2D eigenvalue weighted by molar-refractivity contribution is 5.69.